The molecule has 0 aliphatic carbocycles. The minimum Gasteiger partial charge on any atom is -0.306 e. The first kappa shape index (κ1) is 15.2. The van der Waals surface area contributed by atoms with Crippen molar-refractivity contribution in [3.05, 3.63) is 58.1 Å². The van der Waals surface area contributed by atoms with Crippen LogP contribution < -0.4 is 10.2 Å². The van der Waals surface area contributed by atoms with E-state index in [-0.39, 0.29) is 6.03 Å². The van der Waals surface area contributed by atoms with Gasteiger partial charge in [0.1, 0.15) is 0 Å². The molecule has 0 unspecified atom stereocenters. The summed E-state index contributed by atoms with van der Waals surface area (Å²) >= 11 is 12.1. The minimum atomic E-state index is -0.182. The lowest BCUT2D eigenvalue weighted by molar-refractivity contribution is 0.257. The summed E-state index contributed by atoms with van der Waals surface area (Å²) in [6.45, 7) is 0.695. The van der Waals surface area contributed by atoms with Crippen LogP contribution in [0.25, 0.3) is 0 Å². The van der Waals surface area contributed by atoms with Crippen molar-refractivity contribution in [1.29, 1.82) is 0 Å². The Morgan fingerprint density at radius 2 is 1.91 bits per heavy atom. The smallest absolute Gasteiger partial charge is 0.306 e. The third-order valence-corrected chi connectivity index (χ3v) is 4.34. The number of benzene rings is 2. The number of rotatable bonds is 1. The molecule has 1 heterocycles. The Hall–Kier alpha value is -1.71. The van der Waals surface area contributed by atoms with Crippen LogP contribution in [-0.4, -0.2) is 12.6 Å². The normalized spacial score (nSPS) is 14.2. The van der Waals surface area contributed by atoms with E-state index >= 15 is 0 Å². The second-order valence-corrected chi connectivity index (χ2v) is 6.14. The average molecular weight is 335 g/mol. The van der Waals surface area contributed by atoms with E-state index in [2.05, 4.69) is 11.4 Å². The number of fused-ring (bicyclic) bond motifs is 1. The third kappa shape index (κ3) is 3.21. The maximum absolute atomic E-state index is 12.7. The fourth-order valence-electron chi connectivity index (χ4n) is 2.68. The second-order valence-electron chi connectivity index (χ2n) is 5.29. The summed E-state index contributed by atoms with van der Waals surface area (Å²) in [5.74, 6) is 0. The lowest BCUT2D eigenvalue weighted by atomic mass is 10.1. The van der Waals surface area contributed by atoms with Gasteiger partial charge in [0.05, 0.1) is 10.7 Å². The Morgan fingerprint density at radius 1 is 1.09 bits per heavy atom. The van der Waals surface area contributed by atoms with Gasteiger partial charge in [0.25, 0.3) is 0 Å². The number of para-hydroxylation sites is 1. The van der Waals surface area contributed by atoms with Crippen molar-refractivity contribution < 1.29 is 4.79 Å². The predicted octanol–water partition coefficient (Wildman–Crippen LogP) is 5.37. The topological polar surface area (TPSA) is 32.3 Å². The summed E-state index contributed by atoms with van der Waals surface area (Å²) in [5.41, 5.74) is 2.70. The molecule has 1 N–H and O–H groups in total. The molecule has 2 amide bonds. The van der Waals surface area contributed by atoms with Gasteiger partial charge in [-0.25, -0.2) is 4.79 Å². The number of aryl methyl sites for hydroxylation is 1. The molecule has 22 heavy (non-hydrogen) atoms. The number of carbonyl (C=O) groups is 1. The average Bonchev–Trinajstić information content (AvgIpc) is 2.73. The van der Waals surface area contributed by atoms with Crippen LogP contribution in [0.4, 0.5) is 16.2 Å². The number of carbonyl (C=O) groups excluding carboxylic acids is 1. The second kappa shape index (κ2) is 6.59. The molecular weight excluding hydrogens is 319 g/mol. The fourth-order valence-corrected chi connectivity index (χ4v) is 3.02. The summed E-state index contributed by atoms with van der Waals surface area (Å²) < 4.78 is 0. The summed E-state index contributed by atoms with van der Waals surface area (Å²) in [4.78, 5) is 14.4. The van der Waals surface area contributed by atoms with Crippen LogP contribution in [0.15, 0.2) is 42.5 Å². The number of anilines is 2. The molecule has 2 aromatic rings. The molecule has 0 saturated heterocycles. The largest absolute Gasteiger partial charge is 0.326 e. The SMILES string of the molecule is O=C(Nc1cc(Cl)ccc1Cl)N1CCCCc2ccccc21. The first-order chi connectivity index (χ1) is 10.6. The number of urea groups is 1. The molecule has 0 saturated carbocycles. The molecule has 114 valence electrons. The molecule has 3 rings (SSSR count). The molecule has 0 spiro atoms. The standard InChI is InChI=1S/C17H16Cl2N2O/c18-13-8-9-14(19)15(11-13)20-17(22)21-10-4-3-6-12-5-1-2-7-16(12)21/h1-2,5,7-9,11H,3-4,6,10H2,(H,20,22). The zero-order valence-corrected chi connectivity index (χ0v) is 13.5. The van der Waals surface area contributed by atoms with E-state index < -0.39 is 0 Å². The molecule has 0 atom stereocenters. The number of amides is 2. The minimum absolute atomic E-state index is 0.182. The molecule has 0 fully saturated rings. The highest BCUT2D eigenvalue weighted by atomic mass is 35.5. The molecule has 5 heteroatoms. The van der Waals surface area contributed by atoms with Gasteiger partial charge < -0.3 is 5.32 Å². The van der Waals surface area contributed by atoms with Crippen LogP contribution in [0.2, 0.25) is 10.0 Å². The lowest BCUT2D eigenvalue weighted by Gasteiger charge is -2.23. The summed E-state index contributed by atoms with van der Waals surface area (Å²) in [7, 11) is 0. The lowest BCUT2D eigenvalue weighted by Crippen LogP contribution is -2.35. The van der Waals surface area contributed by atoms with Gasteiger partial charge in [-0.15, -0.1) is 0 Å². The Labute approximate surface area is 139 Å². The Bertz CT molecular complexity index is 703. The highest BCUT2D eigenvalue weighted by molar-refractivity contribution is 6.35. The first-order valence-corrected chi connectivity index (χ1v) is 8.02. The molecule has 2 aromatic carbocycles. The van der Waals surface area contributed by atoms with Crippen molar-refractivity contribution in [1.82, 2.24) is 0 Å². The Kier molecular flexibility index (Phi) is 4.55. The van der Waals surface area contributed by atoms with Crippen LogP contribution in [-0.2, 0) is 6.42 Å². The van der Waals surface area contributed by atoms with E-state index in [0.29, 0.717) is 22.3 Å². The summed E-state index contributed by atoms with van der Waals surface area (Å²) in [5, 5.41) is 3.87. The van der Waals surface area contributed by atoms with Gasteiger partial charge in [-0.2, -0.15) is 0 Å². The quantitative estimate of drug-likeness (QED) is 0.747. The molecule has 0 radical (unpaired) electrons. The van der Waals surface area contributed by atoms with Crippen LogP contribution in [0, 0.1) is 0 Å². The monoisotopic (exact) mass is 334 g/mol. The van der Waals surface area contributed by atoms with E-state index in [9.17, 15) is 4.79 Å². The zero-order valence-electron chi connectivity index (χ0n) is 12.0. The van der Waals surface area contributed by atoms with Gasteiger partial charge in [-0.1, -0.05) is 41.4 Å². The fraction of sp³-hybridized carbons (Fsp3) is 0.235. The summed E-state index contributed by atoms with van der Waals surface area (Å²) in [6.07, 6.45) is 3.06. The third-order valence-electron chi connectivity index (χ3n) is 3.78. The van der Waals surface area contributed by atoms with Gasteiger partial charge in [-0.3, -0.25) is 4.90 Å². The van der Waals surface area contributed by atoms with Crippen molar-refractivity contribution >= 4 is 40.6 Å². The van der Waals surface area contributed by atoms with Gasteiger partial charge >= 0.3 is 6.03 Å². The van der Waals surface area contributed by atoms with E-state index in [4.69, 9.17) is 23.2 Å². The van der Waals surface area contributed by atoms with Crippen LogP contribution in [0.3, 0.4) is 0 Å². The highest BCUT2D eigenvalue weighted by Gasteiger charge is 2.21. The van der Waals surface area contributed by atoms with E-state index in [1.165, 1.54) is 5.56 Å². The zero-order chi connectivity index (χ0) is 15.5. The van der Waals surface area contributed by atoms with Crippen LogP contribution in [0.1, 0.15) is 18.4 Å². The maximum Gasteiger partial charge on any atom is 0.326 e. The van der Waals surface area contributed by atoms with E-state index in [1.807, 2.05) is 18.2 Å². The number of hydrogen-bond donors (Lipinski definition) is 1. The van der Waals surface area contributed by atoms with Gasteiger partial charge in [0.15, 0.2) is 0 Å². The molecule has 3 nitrogen and oxygen atoms in total. The van der Waals surface area contributed by atoms with E-state index in [1.54, 1.807) is 23.1 Å². The number of hydrogen-bond acceptors (Lipinski definition) is 1. The van der Waals surface area contributed by atoms with Gasteiger partial charge in [0, 0.05) is 17.3 Å². The number of nitrogens with one attached hydrogen (secondary N) is 1. The molecular formula is C17H16Cl2N2O. The number of halogens is 2. The molecule has 1 aliphatic heterocycles. The molecule has 1 aliphatic rings. The summed E-state index contributed by atoms with van der Waals surface area (Å²) in [6, 6.07) is 12.9. The van der Waals surface area contributed by atoms with Crippen LogP contribution in [0.5, 0.6) is 0 Å². The Balaban J connectivity index is 1.87. The highest BCUT2D eigenvalue weighted by Crippen LogP contribution is 2.29. The van der Waals surface area contributed by atoms with Crippen LogP contribution >= 0.6 is 23.2 Å². The Morgan fingerprint density at radius 3 is 2.77 bits per heavy atom. The van der Waals surface area contributed by atoms with Gasteiger partial charge in [-0.05, 0) is 49.1 Å². The predicted molar refractivity (Wildman–Crippen MR) is 92.2 cm³/mol. The van der Waals surface area contributed by atoms with Gasteiger partial charge in [0.2, 0.25) is 0 Å². The van der Waals surface area contributed by atoms with Crippen molar-refractivity contribution in [3.63, 3.8) is 0 Å². The number of nitrogens with zero attached hydrogens (tertiary/aromatic N) is 1. The van der Waals surface area contributed by atoms with E-state index in [0.717, 1.165) is 24.9 Å². The first-order valence-electron chi connectivity index (χ1n) is 7.26. The molecule has 0 bridgehead atoms. The molecule has 0 aromatic heterocycles. The van der Waals surface area contributed by atoms with Crippen molar-refractivity contribution in [2.75, 3.05) is 16.8 Å². The maximum atomic E-state index is 12.7. The van der Waals surface area contributed by atoms with Crippen molar-refractivity contribution in [2.45, 2.75) is 19.3 Å². The van der Waals surface area contributed by atoms with Crippen molar-refractivity contribution in [2.24, 2.45) is 0 Å². The van der Waals surface area contributed by atoms with Crippen molar-refractivity contribution in [3.8, 4) is 0 Å².